The largest absolute Gasteiger partial charge is 0.493 e. The topological polar surface area (TPSA) is 97.4 Å². The maximum Gasteiger partial charge on any atom is 0.417 e. The first-order valence-electron chi connectivity index (χ1n) is 9.93. The molecule has 0 atom stereocenters. The zero-order valence-corrected chi connectivity index (χ0v) is 19.1. The smallest absolute Gasteiger partial charge is 0.417 e. The molecular weight excluding hydrogens is 483 g/mol. The van der Waals surface area contributed by atoms with Crippen LogP contribution in [0.15, 0.2) is 63.3 Å². The number of hydrogen-bond acceptors (Lipinski definition) is 8. The van der Waals surface area contributed by atoms with Gasteiger partial charge in [-0.25, -0.2) is 9.78 Å². The van der Waals surface area contributed by atoms with E-state index in [1.165, 1.54) is 50.0 Å². The zero-order valence-electron chi connectivity index (χ0n) is 18.3. The first-order chi connectivity index (χ1) is 16.7. The number of halogens is 3. The molecule has 0 saturated heterocycles. The van der Waals surface area contributed by atoms with Crippen LogP contribution in [-0.4, -0.2) is 19.2 Å². The van der Waals surface area contributed by atoms with E-state index >= 15 is 0 Å². The molecule has 7 nitrogen and oxygen atoms in total. The van der Waals surface area contributed by atoms with Crippen LogP contribution in [0, 0.1) is 11.3 Å². The molecule has 2 aromatic carbocycles. The van der Waals surface area contributed by atoms with Gasteiger partial charge in [0.05, 0.1) is 25.5 Å². The zero-order chi connectivity index (χ0) is 25.2. The minimum absolute atomic E-state index is 0.201. The Morgan fingerprint density at radius 3 is 2.60 bits per heavy atom. The summed E-state index contributed by atoms with van der Waals surface area (Å²) < 4.78 is 55.2. The fourth-order valence-electron chi connectivity index (χ4n) is 3.31. The molecule has 0 fully saturated rings. The molecule has 178 valence electrons. The number of hydrogen-bond donors (Lipinski definition) is 1. The summed E-state index contributed by atoms with van der Waals surface area (Å²) in [6.07, 6.45) is -3.32. The molecule has 0 amide bonds. The third-order valence-electron chi connectivity index (χ3n) is 4.97. The highest BCUT2D eigenvalue weighted by Gasteiger charge is 2.33. The number of nitrogens with zero attached hydrogens (tertiary/aromatic N) is 2. The molecule has 1 N–H and O–H groups in total. The number of alkyl halides is 3. The van der Waals surface area contributed by atoms with E-state index in [1.807, 2.05) is 12.1 Å². The van der Waals surface area contributed by atoms with Crippen LogP contribution in [-0.2, 0) is 6.18 Å². The van der Waals surface area contributed by atoms with Gasteiger partial charge in [0, 0.05) is 40.3 Å². The van der Waals surface area contributed by atoms with Gasteiger partial charge < -0.3 is 19.2 Å². The Morgan fingerprint density at radius 1 is 1.14 bits per heavy atom. The van der Waals surface area contributed by atoms with Gasteiger partial charge in [-0.15, -0.1) is 11.3 Å². The van der Waals surface area contributed by atoms with Crippen LogP contribution in [0.5, 0.6) is 11.5 Å². The third-order valence-corrected chi connectivity index (χ3v) is 5.84. The SMILES string of the molecule is COc1ccc(-c2csc(C(C#N)=CNc3ccc4c(C(F)(F)F)cc(=O)oc4c3)n2)cc1OC. The summed E-state index contributed by atoms with van der Waals surface area (Å²) in [5.41, 5.74) is -0.502. The average molecular weight is 499 g/mol. The summed E-state index contributed by atoms with van der Waals surface area (Å²) in [6, 6.07) is 11.6. The van der Waals surface area contributed by atoms with Crippen LogP contribution >= 0.6 is 11.3 Å². The van der Waals surface area contributed by atoms with Crippen LogP contribution in [0.1, 0.15) is 10.6 Å². The van der Waals surface area contributed by atoms with Crippen molar-refractivity contribution < 1.29 is 27.1 Å². The molecule has 0 aliphatic rings. The van der Waals surface area contributed by atoms with Gasteiger partial charge in [0.1, 0.15) is 22.2 Å². The van der Waals surface area contributed by atoms with E-state index in [9.17, 15) is 23.2 Å². The lowest BCUT2D eigenvalue weighted by Crippen LogP contribution is -2.11. The van der Waals surface area contributed by atoms with E-state index in [-0.39, 0.29) is 16.5 Å². The lowest BCUT2D eigenvalue weighted by Gasteiger charge is -2.10. The molecule has 4 aromatic rings. The van der Waals surface area contributed by atoms with Crippen LogP contribution < -0.4 is 20.4 Å². The van der Waals surface area contributed by atoms with Crippen molar-refractivity contribution in [2.45, 2.75) is 6.18 Å². The standard InChI is InChI=1S/C24H16F3N3O4S/c1-32-19-6-3-13(7-21(19)33-2)18-12-35-23(30-18)14(10-28)11-29-15-4-5-16-17(24(25,26)27)9-22(31)34-20(16)8-15/h3-9,11-12,29H,1-2H3. The number of anilines is 1. The summed E-state index contributed by atoms with van der Waals surface area (Å²) in [4.78, 5) is 16.1. The van der Waals surface area contributed by atoms with Gasteiger partial charge >= 0.3 is 11.8 Å². The molecule has 2 aromatic heterocycles. The number of nitrogens with one attached hydrogen (secondary N) is 1. The maximum atomic E-state index is 13.2. The summed E-state index contributed by atoms with van der Waals surface area (Å²) >= 11 is 1.25. The van der Waals surface area contributed by atoms with Gasteiger partial charge in [-0.1, -0.05) is 0 Å². The van der Waals surface area contributed by atoms with Crippen LogP contribution in [0.25, 0.3) is 27.8 Å². The lowest BCUT2D eigenvalue weighted by molar-refractivity contribution is -0.136. The number of methoxy groups -OCH3 is 2. The number of fused-ring (bicyclic) bond motifs is 1. The Balaban J connectivity index is 1.62. The first-order valence-corrected chi connectivity index (χ1v) is 10.8. The normalized spacial score (nSPS) is 11.8. The van der Waals surface area contributed by atoms with Crippen molar-refractivity contribution in [2.75, 3.05) is 19.5 Å². The van der Waals surface area contributed by atoms with Crippen molar-refractivity contribution in [3.05, 3.63) is 75.0 Å². The fourth-order valence-corrected chi connectivity index (χ4v) is 4.10. The minimum atomic E-state index is -4.70. The van der Waals surface area contributed by atoms with Crippen LogP contribution in [0.2, 0.25) is 0 Å². The Bertz CT molecular complexity index is 1530. The monoisotopic (exact) mass is 499 g/mol. The fraction of sp³-hybridized carbons (Fsp3) is 0.125. The molecule has 0 aliphatic carbocycles. The second-order valence-electron chi connectivity index (χ2n) is 7.11. The Morgan fingerprint density at radius 2 is 1.91 bits per heavy atom. The van der Waals surface area contributed by atoms with E-state index in [0.717, 1.165) is 5.56 Å². The second-order valence-corrected chi connectivity index (χ2v) is 7.97. The maximum absolute atomic E-state index is 13.2. The second kappa shape index (κ2) is 9.52. The van der Waals surface area contributed by atoms with E-state index in [4.69, 9.17) is 13.9 Å². The first kappa shape index (κ1) is 23.8. The Hall–Kier alpha value is -4.30. The van der Waals surface area contributed by atoms with Crippen molar-refractivity contribution in [3.8, 4) is 28.8 Å². The number of benzene rings is 2. The van der Waals surface area contributed by atoms with Gasteiger partial charge in [0.25, 0.3) is 0 Å². The van der Waals surface area contributed by atoms with Crippen molar-refractivity contribution in [2.24, 2.45) is 0 Å². The van der Waals surface area contributed by atoms with Crippen molar-refractivity contribution in [1.82, 2.24) is 4.98 Å². The van der Waals surface area contributed by atoms with Crippen molar-refractivity contribution >= 4 is 33.6 Å². The van der Waals surface area contributed by atoms with Gasteiger partial charge in [0.2, 0.25) is 0 Å². The third kappa shape index (κ3) is 4.97. The molecule has 2 heterocycles. The van der Waals surface area contributed by atoms with E-state index in [2.05, 4.69) is 10.3 Å². The van der Waals surface area contributed by atoms with Gasteiger partial charge in [-0.2, -0.15) is 18.4 Å². The van der Waals surface area contributed by atoms with E-state index in [0.29, 0.717) is 34.0 Å². The number of nitriles is 1. The Labute approximate surface area is 200 Å². The number of aromatic nitrogens is 1. The van der Waals surface area contributed by atoms with Crippen LogP contribution in [0.3, 0.4) is 0 Å². The molecule has 0 saturated carbocycles. The highest BCUT2D eigenvalue weighted by Crippen LogP contribution is 2.35. The summed E-state index contributed by atoms with van der Waals surface area (Å²) in [5.74, 6) is 1.11. The molecule has 0 radical (unpaired) electrons. The highest BCUT2D eigenvalue weighted by molar-refractivity contribution is 7.11. The summed E-state index contributed by atoms with van der Waals surface area (Å²) in [7, 11) is 3.06. The number of thiazole rings is 1. The number of rotatable bonds is 6. The molecule has 0 aliphatic heterocycles. The quantitative estimate of drug-likeness (QED) is 0.259. The van der Waals surface area contributed by atoms with Gasteiger partial charge in [0.15, 0.2) is 11.5 Å². The Kier molecular flexibility index (Phi) is 6.48. The predicted molar refractivity (Wildman–Crippen MR) is 125 cm³/mol. The van der Waals surface area contributed by atoms with E-state index < -0.39 is 17.4 Å². The van der Waals surface area contributed by atoms with E-state index in [1.54, 1.807) is 17.5 Å². The van der Waals surface area contributed by atoms with Gasteiger partial charge in [-0.3, -0.25) is 0 Å². The molecule has 0 unspecified atom stereocenters. The average Bonchev–Trinajstić information content (AvgIpc) is 3.32. The van der Waals surface area contributed by atoms with Crippen molar-refractivity contribution in [1.29, 1.82) is 5.26 Å². The molecule has 4 rings (SSSR count). The predicted octanol–water partition coefficient (Wildman–Crippen LogP) is 5.93. The lowest BCUT2D eigenvalue weighted by atomic mass is 10.1. The van der Waals surface area contributed by atoms with Crippen molar-refractivity contribution in [3.63, 3.8) is 0 Å². The number of ether oxygens (including phenoxy) is 2. The molecule has 0 bridgehead atoms. The molecule has 11 heteroatoms. The molecular formula is C24H16F3N3O4S. The summed E-state index contributed by atoms with van der Waals surface area (Å²) in [5, 5.41) is 14.4. The summed E-state index contributed by atoms with van der Waals surface area (Å²) in [6.45, 7) is 0. The van der Waals surface area contributed by atoms with Gasteiger partial charge in [-0.05, 0) is 30.3 Å². The number of allylic oxidation sites excluding steroid dienone is 1. The highest BCUT2D eigenvalue weighted by atomic mass is 32.1. The van der Waals surface area contributed by atoms with Crippen LogP contribution in [0.4, 0.5) is 18.9 Å². The molecule has 0 spiro atoms. The molecule has 35 heavy (non-hydrogen) atoms. The minimum Gasteiger partial charge on any atom is -0.493 e.